The summed E-state index contributed by atoms with van der Waals surface area (Å²) in [5, 5.41) is 7.66. The Morgan fingerprint density at radius 1 is 1.21 bits per heavy atom. The molecule has 2 aliphatic rings. The van der Waals surface area contributed by atoms with Crippen molar-refractivity contribution in [1.82, 2.24) is 5.16 Å². The van der Waals surface area contributed by atoms with Crippen LogP contribution in [0.25, 0.3) is 11.1 Å². The van der Waals surface area contributed by atoms with Gasteiger partial charge in [-0.2, -0.15) is 0 Å². The van der Waals surface area contributed by atoms with Crippen LogP contribution in [0.15, 0.2) is 22.7 Å². The van der Waals surface area contributed by atoms with Gasteiger partial charge in [-0.3, -0.25) is 0 Å². The number of nitrogens with two attached hydrogens (primary N) is 1. The van der Waals surface area contributed by atoms with Crippen LogP contribution in [0.3, 0.4) is 0 Å². The standard InChI is InChI=1S/C19H25N3O2/c1-12-18(13(2)24-22-12)14-3-4-17(16(20)9-14)21-15-5-7-19(8-6-15)10-23-11-19/h3-4,9,15,21H,5-8,10-11,20H2,1-2H3. The molecule has 1 aromatic carbocycles. The Morgan fingerprint density at radius 2 is 1.96 bits per heavy atom. The first kappa shape index (κ1) is 15.5. The first-order valence-corrected chi connectivity index (χ1v) is 8.73. The van der Waals surface area contributed by atoms with Gasteiger partial charge in [-0.25, -0.2) is 0 Å². The van der Waals surface area contributed by atoms with Crippen molar-refractivity contribution in [2.45, 2.75) is 45.6 Å². The minimum Gasteiger partial charge on any atom is -0.397 e. The highest BCUT2D eigenvalue weighted by Gasteiger charge is 2.41. The lowest BCUT2D eigenvalue weighted by Crippen LogP contribution is -2.46. The lowest BCUT2D eigenvalue weighted by atomic mass is 9.71. The molecule has 5 nitrogen and oxygen atoms in total. The number of nitrogens with zero attached hydrogens (tertiary/aromatic N) is 1. The van der Waals surface area contributed by atoms with Crippen molar-refractivity contribution in [2.75, 3.05) is 24.3 Å². The van der Waals surface area contributed by atoms with Gasteiger partial charge in [0, 0.05) is 17.0 Å². The van der Waals surface area contributed by atoms with E-state index in [0.29, 0.717) is 11.5 Å². The molecule has 0 amide bonds. The fourth-order valence-corrected chi connectivity index (χ4v) is 4.02. The molecular formula is C19H25N3O2. The molecule has 2 aromatic rings. The average Bonchev–Trinajstić information content (AvgIpc) is 2.88. The Kier molecular flexibility index (Phi) is 3.76. The zero-order chi connectivity index (χ0) is 16.7. The fourth-order valence-electron chi connectivity index (χ4n) is 4.02. The van der Waals surface area contributed by atoms with Crippen molar-refractivity contribution in [2.24, 2.45) is 5.41 Å². The molecule has 3 N–H and O–H groups in total. The van der Waals surface area contributed by atoms with Gasteiger partial charge in [0.15, 0.2) is 0 Å². The molecule has 1 saturated heterocycles. The SMILES string of the molecule is Cc1noc(C)c1-c1ccc(NC2CCC3(CC2)COC3)c(N)c1. The lowest BCUT2D eigenvalue weighted by Gasteiger charge is -2.46. The highest BCUT2D eigenvalue weighted by molar-refractivity contribution is 5.77. The van der Waals surface area contributed by atoms with Crippen LogP contribution in [0.2, 0.25) is 0 Å². The summed E-state index contributed by atoms with van der Waals surface area (Å²) < 4.78 is 10.7. The highest BCUT2D eigenvalue weighted by Crippen LogP contribution is 2.43. The number of nitrogens with one attached hydrogen (secondary N) is 1. The lowest BCUT2D eigenvalue weighted by molar-refractivity contribution is -0.131. The van der Waals surface area contributed by atoms with Gasteiger partial charge in [0.1, 0.15) is 5.76 Å². The largest absolute Gasteiger partial charge is 0.397 e. The van der Waals surface area contributed by atoms with Gasteiger partial charge < -0.3 is 20.3 Å². The normalized spacial score (nSPS) is 20.1. The number of ether oxygens (including phenoxy) is 1. The molecule has 0 atom stereocenters. The van der Waals surface area contributed by atoms with Crippen molar-refractivity contribution in [3.05, 3.63) is 29.7 Å². The third-order valence-corrected chi connectivity index (χ3v) is 5.60. The van der Waals surface area contributed by atoms with Crippen LogP contribution in [0.4, 0.5) is 11.4 Å². The number of aryl methyl sites for hydroxylation is 2. The second-order valence-corrected chi connectivity index (χ2v) is 7.41. The van der Waals surface area contributed by atoms with Gasteiger partial charge in [0.05, 0.1) is 30.3 Å². The molecule has 1 saturated carbocycles. The van der Waals surface area contributed by atoms with Crippen LogP contribution in [0.1, 0.15) is 37.1 Å². The molecule has 2 fully saturated rings. The van der Waals surface area contributed by atoms with E-state index in [-0.39, 0.29) is 0 Å². The first-order valence-electron chi connectivity index (χ1n) is 8.73. The number of hydrogen-bond acceptors (Lipinski definition) is 5. The fraction of sp³-hybridized carbons (Fsp3) is 0.526. The van der Waals surface area contributed by atoms with E-state index in [0.717, 1.165) is 47.2 Å². The van der Waals surface area contributed by atoms with Gasteiger partial charge in [0.2, 0.25) is 0 Å². The molecule has 0 radical (unpaired) electrons. The van der Waals surface area contributed by atoms with E-state index in [9.17, 15) is 0 Å². The van der Waals surface area contributed by atoms with Crippen LogP contribution in [-0.2, 0) is 4.74 Å². The Balaban J connectivity index is 1.47. The van der Waals surface area contributed by atoms with Gasteiger partial charge >= 0.3 is 0 Å². The maximum Gasteiger partial charge on any atom is 0.141 e. The van der Waals surface area contributed by atoms with E-state index in [1.54, 1.807) is 0 Å². The van der Waals surface area contributed by atoms with E-state index in [1.165, 1.54) is 25.7 Å². The van der Waals surface area contributed by atoms with Gasteiger partial charge in [-0.1, -0.05) is 11.2 Å². The third kappa shape index (κ3) is 2.67. The molecule has 5 heteroatoms. The number of benzene rings is 1. The maximum atomic E-state index is 6.30. The predicted molar refractivity (Wildman–Crippen MR) is 95.0 cm³/mol. The number of hydrogen-bond donors (Lipinski definition) is 2. The molecule has 0 bridgehead atoms. The molecule has 128 valence electrons. The minimum atomic E-state index is 0.483. The summed E-state index contributed by atoms with van der Waals surface area (Å²) in [6, 6.07) is 6.69. The van der Waals surface area contributed by atoms with Crippen molar-refractivity contribution in [3.8, 4) is 11.1 Å². The zero-order valence-corrected chi connectivity index (χ0v) is 14.4. The van der Waals surface area contributed by atoms with Crippen LogP contribution < -0.4 is 11.1 Å². The molecule has 1 spiro atoms. The van der Waals surface area contributed by atoms with E-state index in [4.69, 9.17) is 15.0 Å². The van der Waals surface area contributed by atoms with Crippen LogP contribution >= 0.6 is 0 Å². The highest BCUT2D eigenvalue weighted by atomic mass is 16.5. The molecule has 24 heavy (non-hydrogen) atoms. The molecule has 1 aliphatic heterocycles. The summed E-state index contributed by atoms with van der Waals surface area (Å²) in [6.07, 6.45) is 4.88. The Bertz CT molecular complexity index is 720. The van der Waals surface area contributed by atoms with Crippen molar-refractivity contribution < 1.29 is 9.26 Å². The Morgan fingerprint density at radius 3 is 2.50 bits per heavy atom. The third-order valence-electron chi connectivity index (χ3n) is 5.60. The van der Waals surface area contributed by atoms with E-state index < -0.39 is 0 Å². The molecule has 1 aromatic heterocycles. The van der Waals surface area contributed by atoms with E-state index in [2.05, 4.69) is 22.6 Å². The Labute approximate surface area is 142 Å². The molecule has 0 unspecified atom stereocenters. The molecule has 4 rings (SSSR count). The smallest absolute Gasteiger partial charge is 0.141 e. The second kappa shape index (κ2) is 5.81. The van der Waals surface area contributed by atoms with Gasteiger partial charge in [0.25, 0.3) is 0 Å². The summed E-state index contributed by atoms with van der Waals surface area (Å²) >= 11 is 0. The van der Waals surface area contributed by atoms with Crippen molar-refractivity contribution >= 4 is 11.4 Å². The van der Waals surface area contributed by atoms with Crippen molar-refractivity contribution in [3.63, 3.8) is 0 Å². The molecule has 2 heterocycles. The summed E-state index contributed by atoms with van der Waals surface area (Å²) in [6.45, 7) is 5.79. The number of nitrogen functional groups attached to an aromatic ring is 1. The number of anilines is 2. The Hall–Kier alpha value is -2.01. The maximum absolute atomic E-state index is 6.30. The topological polar surface area (TPSA) is 73.3 Å². The minimum absolute atomic E-state index is 0.483. The monoisotopic (exact) mass is 327 g/mol. The second-order valence-electron chi connectivity index (χ2n) is 7.41. The summed E-state index contributed by atoms with van der Waals surface area (Å²) in [5.41, 5.74) is 11.6. The molecular weight excluding hydrogens is 302 g/mol. The summed E-state index contributed by atoms with van der Waals surface area (Å²) in [7, 11) is 0. The quantitative estimate of drug-likeness (QED) is 0.836. The van der Waals surface area contributed by atoms with E-state index in [1.807, 2.05) is 19.9 Å². The zero-order valence-electron chi connectivity index (χ0n) is 14.4. The van der Waals surface area contributed by atoms with Crippen LogP contribution in [0, 0.1) is 19.3 Å². The number of rotatable bonds is 3. The van der Waals surface area contributed by atoms with Gasteiger partial charge in [-0.15, -0.1) is 0 Å². The molecule has 1 aliphatic carbocycles. The van der Waals surface area contributed by atoms with Gasteiger partial charge in [-0.05, 0) is 57.2 Å². The summed E-state index contributed by atoms with van der Waals surface area (Å²) in [5.74, 6) is 0.827. The van der Waals surface area contributed by atoms with Crippen LogP contribution in [0.5, 0.6) is 0 Å². The predicted octanol–water partition coefficient (Wildman–Crippen LogP) is 3.91. The first-order chi connectivity index (χ1) is 11.6. The van der Waals surface area contributed by atoms with Crippen LogP contribution in [-0.4, -0.2) is 24.4 Å². The number of aromatic nitrogens is 1. The average molecular weight is 327 g/mol. The summed E-state index contributed by atoms with van der Waals surface area (Å²) in [4.78, 5) is 0. The van der Waals surface area contributed by atoms with Crippen molar-refractivity contribution in [1.29, 1.82) is 0 Å². The van der Waals surface area contributed by atoms with E-state index >= 15 is 0 Å².